The van der Waals surface area contributed by atoms with Gasteiger partial charge in [0.25, 0.3) is 16.0 Å². The Hall–Kier alpha value is -3.55. The first-order valence-electron chi connectivity index (χ1n) is 7.52. The van der Waals surface area contributed by atoms with Crippen molar-refractivity contribution in [2.45, 2.75) is 4.90 Å². The molecule has 10 heteroatoms. The van der Waals surface area contributed by atoms with Crippen molar-refractivity contribution in [2.75, 3.05) is 17.4 Å². The van der Waals surface area contributed by atoms with Crippen molar-refractivity contribution in [3.05, 3.63) is 54.2 Å². The number of carbonyl (C=O) groups is 1. The SMILES string of the molecule is N#C/C(=C/Nc1ccc2c(c1)OCO2)C(=O)Nc1ccc(S(=O)(=O)O)cc1. The Balaban J connectivity index is 1.68. The van der Waals surface area contributed by atoms with Gasteiger partial charge in [-0.2, -0.15) is 13.7 Å². The van der Waals surface area contributed by atoms with E-state index in [-0.39, 0.29) is 22.9 Å². The Labute approximate surface area is 154 Å². The Kier molecular flexibility index (Phi) is 4.98. The second-order valence-electron chi connectivity index (χ2n) is 5.34. The Morgan fingerprint density at radius 2 is 1.78 bits per heavy atom. The lowest BCUT2D eigenvalue weighted by atomic mass is 10.2. The molecule has 0 radical (unpaired) electrons. The average Bonchev–Trinajstić information content (AvgIpc) is 3.09. The zero-order valence-corrected chi connectivity index (χ0v) is 14.5. The summed E-state index contributed by atoms with van der Waals surface area (Å²) >= 11 is 0. The van der Waals surface area contributed by atoms with Crippen LogP contribution in [0.25, 0.3) is 0 Å². The summed E-state index contributed by atoms with van der Waals surface area (Å²) in [4.78, 5) is 11.9. The summed E-state index contributed by atoms with van der Waals surface area (Å²) in [6, 6.07) is 11.7. The fourth-order valence-electron chi connectivity index (χ4n) is 2.20. The van der Waals surface area contributed by atoms with Crippen LogP contribution in [0.5, 0.6) is 11.5 Å². The molecule has 27 heavy (non-hydrogen) atoms. The summed E-state index contributed by atoms with van der Waals surface area (Å²) < 4.78 is 41.4. The molecule has 138 valence electrons. The van der Waals surface area contributed by atoms with E-state index in [1.807, 2.05) is 0 Å². The molecule has 0 atom stereocenters. The van der Waals surface area contributed by atoms with Gasteiger partial charge >= 0.3 is 0 Å². The third-order valence-electron chi connectivity index (χ3n) is 3.53. The molecule has 1 heterocycles. The number of amides is 1. The lowest BCUT2D eigenvalue weighted by molar-refractivity contribution is -0.112. The minimum absolute atomic E-state index is 0.136. The summed E-state index contributed by atoms with van der Waals surface area (Å²) in [7, 11) is -4.32. The van der Waals surface area contributed by atoms with Gasteiger partial charge in [0.1, 0.15) is 11.6 Å². The summed E-state index contributed by atoms with van der Waals surface area (Å²) in [5.74, 6) is 0.469. The predicted molar refractivity (Wildman–Crippen MR) is 94.8 cm³/mol. The molecule has 0 bridgehead atoms. The molecule has 2 aromatic carbocycles. The predicted octanol–water partition coefficient (Wildman–Crippen LogP) is 2.12. The van der Waals surface area contributed by atoms with Gasteiger partial charge in [-0.25, -0.2) is 0 Å². The summed E-state index contributed by atoms with van der Waals surface area (Å²) in [6.07, 6.45) is 1.24. The number of ether oxygens (including phenoxy) is 2. The molecular formula is C17H13N3O6S. The molecule has 0 spiro atoms. The number of nitriles is 1. The standard InChI is InChI=1S/C17H13N3O6S/c18-8-11(9-19-13-3-6-15-16(7-13)26-10-25-15)17(21)20-12-1-4-14(5-2-12)27(22,23)24/h1-7,9,19H,10H2,(H,20,21)(H,22,23,24)/b11-9-. The Morgan fingerprint density at radius 3 is 2.44 bits per heavy atom. The van der Waals surface area contributed by atoms with E-state index in [0.717, 1.165) is 12.1 Å². The summed E-state index contributed by atoms with van der Waals surface area (Å²) in [5.41, 5.74) is 0.653. The first-order valence-corrected chi connectivity index (χ1v) is 8.96. The van der Waals surface area contributed by atoms with E-state index in [4.69, 9.17) is 14.0 Å². The largest absolute Gasteiger partial charge is 0.454 e. The maximum Gasteiger partial charge on any atom is 0.294 e. The lowest BCUT2D eigenvalue weighted by Crippen LogP contribution is -2.14. The highest BCUT2D eigenvalue weighted by Crippen LogP contribution is 2.34. The number of benzene rings is 2. The molecule has 1 aliphatic rings. The van der Waals surface area contributed by atoms with Gasteiger partial charge in [0.2, 0.25) is 6.79 Å². The maximum atomic E-state index is 12.2. The number of carbonyl (C=O) groups excluding carboxylic acids is 1. The minimum atomic E-state index is -4.32. The maximum absolute atomic E-state index is 12.2. The van der Waals surface area contributed by atoms with Crippen molar-refractivity contribution in [3.8, 4) is 17.6 Å². The highest BCUT2D eigenvalue weighted by Gasteiger charge is 2.14. The Bertz CT molecular complexity index is 1060. The van der Waals surface area contributed by atoms with Crippen molar-refractivity contribution in [1.82, 2.24) is 0 Å². The van der Waals surface area contributed by atoms with E-state index in [1.54, 1.807) is 24.3 Å². The van der Waals surface area contributed by atoms with Crippen molar-refractivity contribution >= 4 is 27.4 Å². The van der Waals surface area contributed by atoms with Crippen LogP contribution < -0.4 is 20.1 Å². The average molecular weight is 387 g/mol. The van der Waals surface area contributed by atoms with Crippen molar-refractivity contribution < 1.29 is 27.2 Å². The van der Waals surface area contributed by atoms with Crippen molar-refractivity contribution in [1.29, 1.82) is 5.26 Å². The number of rotatable bonds is 5. The molecule has 1 aliphatic heterocycles. The summed E-state index contributed by atoms with van der Waals surface area (Å²) in [5, 5.41) is 14.5. The molecule has 1 amide bonds. The number of fused-ring (bicyclic) bond motifs is 1. The zero-order valence-electron chi connectivity index (χ0n) is 13.7. The van der Waals surface area contributed by atoms with E-state index in [1.165, 1.54) is 18.3 Å². The van der Waals surface area contributed by atoms with E-state index in [9.17, 15) is 18.5 Å². The quantitative estimate of drug-likeness (QED) is 0.403. The monoisotopic (exact) mass is 387 g/mol. The molecular weight excluding hydrogens is 374 g/mol. The van der Waals surface area contributed by atoms with Crippen LogP contribution in [-0.4, -0.2) is 25.7 Å². The van der Waals surface area contributed by atoms with Gasteiger partial charge in [-0.1, -0.05) is 0 Å². The van der Waals surface area contributed by atoms with Crippen LogP contribution >= 0.6 is 0 Å². The van der Waals surface area contributed by atoms with Crippen LogP contribution in [0.3, 0.4) is 0 Å². The van der Waals surface area contributed by atoms with Crippen LogP contribution in [0.1, 0.15) is 0 Å². The van der Waals surface area contributed by atoms with Crippen molar-refractivity contribution in [2.24, 2.45) is 0 Å². The van der Waals surface area contributed by atoms with Gasteiger partial charge in [0.15, 0.2) is 11.5 Å². The molecule has 0 aromatic heterocycles. The van der Waals surface area contributed by atoms with Crippen LogP contribution in [0.2, 0.25) is 0 Å². The molecule has 0 saturated heterocycles. The fourth-order valence-corrected chi connectivity index (χ4v) is 2.68. The van der Waals surface area contributed by atoms with Gasteiger partial charge in [-0.15, -0.1) is 0 Å². The Morgan fingerprint density at radius 1 is 1.11 bits per heavy atom. The van der Waals surface area contributed by atoms with E-state index in [0.29, 0.717) is 17.2 Å². The van der Waals surface area contributed by atoms with Crippen LogP contribution in [0.4, 0.5) is 11.4 Å². The highest BCUT2D eigenvalue weighted by molar-refractivity contribution is 7.85. The van der Waals surface area contributed by atoms with E-state index < -0.39 is 16.0 Å². The third kappa shape index (κ3) is 4.35. The molecule has 0 saturated carbocycles. The van der Waals surface area contributed by atoms with Gasteiger partial charge in [0.05, 0.1) is 4.90 Å². The lowest BCUT2D eigenvalue weighted by Gasteiger charge is -2.06. The molecule has 9 nitrogen and oxygen atoms in total. The highest BCUT2D eigenvalue weighted by atomic mass is 32.2. The van der Waals surface area contributed by atoms with E-state index in [2.05, 4.69) is 10.6 Å². The zero-order chi connectivity index (χ0) is 19.4. The molecule has 3 rings (SSSR count). The molecule has 0 unspecified atom stereocenters. The topological polar surface area (TPSA) is 138 Å². The van der Waals surface area contributed by atoms with Crippen LogP contribution in [0, 0.1) is 11.3 Å². The molecule has 0 aliphatic carbocycles. The second kappa shape index (κ2) is 7.36. The summed E-state index contributed by atoms with van der Waals surface area (Å²) in [6.45, 7) is 0.136. The van der Waals surface area contributed by atoms with E-state index >= 15 is 0 Å². The molecule has 0 fully saturated rings. The van der Waals surface area contributed by atoms with Gasteiger partial charge in [-0.05, 0) is 36.4 Å². The number of hydrogen-bond donors (Lipinski definition) is 3. The second-order valence-corrected chi connectivity index (χ2v) is 6.76. The molecule has 2 aromatic rings. The smallest absolute Gasteiger partial charge is 0.294 e. The number of nitrogens with one attached hydrogen (secondary N) is 2. The number of hydrogen-bond acceptors (Lipinski definition) is 7. The molecule has 3 N–H and O–H groups in total. The third-order valence-corrected chi connectivity index (χ3v) is 4.40. The fraction of sp³-hybridized carbons (Fsp3) is 0.0588. The van der Waals surface area contributed by atoms with Gasteiger partial charge in [-0.3, -0.25) is 9.35 Å². The number of anilines is 2. The number of nitrogens with zero attached hydrogens (tertiary/aromatic N) is 1. The van der Waals surface area contributed by atoms with Crippen LogP contribution in [-0.2, 0) is 14.9 Å². The van der Waals surface area contributed by atoms with Crippen LogP contribution in [0.15, 0.2) is 59.1 Å². The van der Waals surface area contributed by atoms with Crippen molar-refractivity contribution in [3.63, 3.8) is 0 Å². The first-order chi connectivity index (χ1) is 12.9. The van der Waals surface area contributed by atoms with Gasteiger partial charge in [0, 0.05) is 23.6 Å². The first kappa shape index (κ1) is 18.2. The van der Waals surface area contributed by atoms with Gasteiger partial charge < -0.3 is 20.1 Å². The minimum Gasteiger partial charge on any atom is -0.454 e. The normalized spacial score (nSPS) is 13.0.